The third kappa shape index (κ3) is 4.90. The Hall–Kier alpha value is -2.66. The summed E-state index contributed by atoms with van der Waals surface area (Å²) in [5, 5.41) is 3.13. The van der Waals surface area contributed by atoms with Crippen molar-refractivity contribution in [2.24, 2.45) is 0 Å². The van der Waals surface area contributed by atoms with Crippen LogP contribution in [0.3, 0.4) is 0 Å². The van der Waals surface area contributed by atoms with Crippen LogP contribution in [0.5, 0.6) is 17.2 Å². The van der Waals surface area contributed by atoms with E-state index in [4.69, 9.17) is 25.8 Å². The highest BCUT2D eigenvalue weighted by molar-refractivity contribution is 6.32. The molecule has 0 aliphatic carbocycles. The highest BCUT2D eigenvalue weighted by atomic mass is 35.5. The van der Waals surface area contributed by atoms with Crippen molar-refractivity contribution < 1.29 is 19.0 Å². The number of amides is 1. The van der Waals surface area contributed by atoms with Crippen molar-refractivity contribution in [2.45, 2.75) is 6.42 Å². The van der Waals surface area contributed by atoms with Crippen molar-refractivity contribution in [3.05, 3.63) is 59.6 Å². The van der Waals surface area contributed by atoms with Gasteiger partial charge in [0.25, 0.3) is 5.91 Å². The summed E-state index contributed by atoms with van der Waals surface area (Å²) in [5.74, 6) is 1.20. The molecule has 0 radical (unpaired) electrons. The molecule has 0 spiro atoms. The molecule has 25 heavy (non-hydrogen) atoms. The summed E-state index contributed by atoms with van der Waals surface area (Å²) >= 11 is 6.05. The third-order valence-electron chi connectivity index (χ3n) is 3.44. The van der Waals surface area contributed by atoms with E-state index >= 15 is 0 Å². The molecule has 2 aromatic carbocycles. The van der Waals surface area contributed by atoms with Crippen LogP contribution in [0.2, 0.25) is 5.02 Å². The molecular weight excluding hydrogens is 342 g/mol. The van der Waals surface area contributed by atoms with E-state index in [0.29, 0.717) is 34.4 Å². The fourth-order valence-corrected chi connectivity index (χ4v) is 2.49. The van der Waals surface area contributed by atoms with Gasteiger partial charge in [0.15, 0.2) is 6.61 Å². The largest absolute Gasteiger partial charge is 0.495 e. The molecule has 0 saturated carbocycles. The molecular formula is C19H20ClNO4. The van der Waals surface area contributed by atoms with Gasteiger partial charge in [-0.05, 0) is 18.1 Å². The lowest BCUT2D eigenvalue weighted by atomic mass is 10.1. The fraction of sp³-hybridized carbons (Fsp3) is 0.211. The van der Waals surface area contributed by atoms with E-state index in [0.717, 1.165) is 5.56 Å². The Morgan fingerprint density at radius 3 is 2.56 bits per heavy atom. The number of anilines is 1. The maximum absolute atomic E-state index is 12.2. The molecule has 0 heterocycles. The van der Waals surface area contributed by atoms with Crippen LogP contribution in [0, 0.1) is 0 Å². The number of allylic oxidation sites excluding steroid dienone is 1. The predicted octanol–water partition coefficient (Wildman–Crippen LogP) is 4.10. The summed E-state index contributed by atoms with van der Waals surface area (Å²) in [4.78, 5) is 12.2. The first-order valence-electron chi connectivity index (χ1n) is 7.62. The summed E-state index contributed by atoms with van der Waals surface area (Å²) in [6, 6.07) is 10.7. The normalized spacial score (nSPS) is 10.0. The third-order valence-corrected chi connectivity index (χ3v) is 3.74. The van der Waals surface area contributed by atoms with Crippen molar-refractivity contribution in [2.75, 3.05) is 26.1 Å². The number of carbonyl (C=O) groups is 1. The maximum atomic E-state index is 12.2. The molecule has 0 aliphatic heterocycles. The number of benzene rings is 2. The minimum absolute atomic E-state index is 0.137. The molecule has 0 atom stereocenters. The average Bonchev–Trinajstić information content (AvgIpc) is 2.62. The van der Waals surface area contributed by atoms with Gasteiger partial charge in [0.2, 0.25) is 0 Å². The number of hydrogen-bond acceptors (Lipinski definition) is 4. The second-order valence-electron chi connectivity index (χ2n) is 5.12. The van der Waals surface area contributed by atoms with Gasteiger partial charge < -0.3 is 19.5 Å². The average molecular weight is 362 g/mol. The van der Waals surface area contributed by atoms with E-state index in [1.165, 1.54) is 14.2 Å². The molecule has 1 N–H and O–H groups in total. The highest BCUT2D eigenvalue weighted by Gasteiger charge is 2.13. The van der Waals surface area contributed by atoms with Crippen LogP contribution < -0.4 is 19.5 Å². The molecule has 0 bridgehead atoms. The van der Waals surface area contributed by atoms with Gasteiger partial charge in [-0.2, -0.15) is 0 Å². The smallest absolute Gasteiger partial charge is 0.262 e. The van der Waals surface area contributed by atoms with Crippen molar-refractivity contribution in [3.8, 4) is 17.2 Å². The first kappa shape index (κ1) is 18.7. The van der Waals surface area contributed by atoms with Crippen LogP contribution in [-0.2, 0) is 11.2 Å². The fourth-order valence-electron chi connectivity index (χ4n) is 2.26. The Labute approximate surface area is 152 Å². The molecule has 132 valence electrons. The molecule has 0 fully saturated rings. The van der Waals surface area contributed by atoms with Crippen molar-refractivity contribution in [1.82, 2.24) is 0 Å². The topological polar surface area (TPSA) is 56.8 Å². The molecule has 2 rings (SSSR count). The molecule has 0 aliphatic rings. The molecule has 5 nitrogen and oxygen atoms in total. The lowest BCUT2D eigenvalue weighted by Crippen LogP contribution is -2.21. The Bertz CT molecular complexity index is 761. The van der Waals surface area contributed by atoms with Crippen molar-refractivity contribution in [1.29, 1.82) is 0 Å². The first-order chi connectivity index (χ1) is 12.1. The second kappa shape index (κ2) is 8.99. The number of para-hydroxylation sites is 1. The lowest BCUT2D eigenvalue weighted by Gasteiger charge is -2.14. The van der Waals surface area contributed by atoms with Gasteiger partial charge in [-0.25, -0.2) is 0 Å². The van der Waals surface area contributed by atoms with Crippen molar-refractivity contribution >= 4 is 23.2 Å². The quantitative estimate of drug-likeness (QED) is 0.719. The van der Waals surface area contributed by atoms with E-state index in [2.05, 4.69) is 11.9 Å². The Morgan fingerprint density at radius 1 is 1.16 bits per heavy atom. The molecule has 0 unspecified atom stereocenters. The Balaban J connectivity index is 2.07. The summed E-state index contributed by atoms with van der Waals surface area (Å²) in [7, 11) is 2.99. The summed E-state index contributed by atoms with van der Waals surface area (Å²) in [6.07, 6.45) is 2.45. The SMILES string of the molecule is C=CCc1ccccc1OCC(=O)Nc1cc(OC)c(Cl)cc1OC. The van der Waals surface area contributed by atoms with E-state index < -0.39 is 0 Å². The molecule has 2 aromatic rings. The highest BCUT2D eigenvalue weighted by Crippen LogP contribution is 2.35. The number of ether oxygens (including phenoxy) is 3. The lowest BCUT2D eigenvalue weighted by molar-refractivity contribution is -0.118. The number of nitrogens with one attached hydrogen (secondary N) is 1. The molecule has 6 heteroatoms. The number of hydrogen-bond donors (Lipinski definition) is 1. The van der Waals surface area contributed by atoms with Gasteiger partial charge in [-0.3, -0.25) is 4.79 Å². The van der Waals surface area contributed by atoms with E-state index in [1.54, 1.807) is 18.2 Å². The minimum Gasteiger partial charge on any atom is -0.495 e. The van der Waals surface area contributed by atoms with Crippen LogP contribution in [0.15, 0.2) is 49.1 Å². The van der Waals surface area contributed by atoms with Gasteiger partial charge in [0.05, 0.1) is 24.9 Å². The number of carbonyl (C=O) groups excluding carboxylic acids is 1. The summed E-state index contributed by atoms with van der Waals surface area (Å²) < 4.78 is 16.0. The minimum atomic E-state index is -0.323. The van der Waals surface area contributed by atoms with Gasteiger partial charge in [-0.15, -0.1) is 6.58 Å². The Kier molecular flexibility index (Phi) is 6.71. The number of methoxy groups -OCH3 is 2. The van der Waals surface area contributed by atoms with E-state index in [9.17, 15) is 4.79 Å². The van der Waals surface area contributed by atoms with Gasteiger partial charge in [0, 0.05) is 12.1 Å². The molecule has 0 saturated heterocycles. The van der Waals surface area contributed by atoms with Gasteiger partial charge in [0.1, 0.15) is 17.2 Å². The zero-order chi connectivity index (χ0) is 18.2. The monoisotopic (exact) mass is 361 g/mol. The zero-order valence-corrected chi connectivity index (χ0v) is 14.9. The van der Waals surface area contributed by atoms with Crippen LogP contribution in [0.1, 0.15) is 5.56 Å². The summed E-state index contributed by atoms with van der Waals surface area (Å²) in [6.45, 7) is 3.58. The van der Waals surface area contributed by atoms with Crippen LogP contribution >= 0.6 is 11.6 Å². The molecule has 1 amide bonds. The van der Waals surface area contributed by atoms with E-state index in [1.807, 2.05) is 24.3 Å². The number of rotatable bonds is 8. The van der Waals surface area contributed by atoms with Crippen LogP contribution in [0.25, 0.3) is 0 Å². The van der Waals surface area contributed by atoms with Crippen LogP contribution in [0.4, 0.5) is 5.69 Å². The standard InChI is InChI=1S/C19H20ClNO4/c1-4-7-13-8-5-6-9-16(13)25-12-19(22)21-15-11-17(23-2)14(20)10-18(15)24-3/h4-6,8-11H,1,7,12H2,2-3H3,(H,21,22). The second-order valence-corrected chi connectivity index (χ2v) is 5.53. The van der Waals surface area contributed by atoms with E-state index in [-0.39, 0.29) is 12.5 Å². The Morgan fingerprint density at radius 2 is 1.88 bits per heavy atom. The predicted molar refractivity (Wildman–Crippen MR) is 99.0 cm³/mol. The van der Waals surface area contributed by atoms with Gasteiger partial charge in [-0.1, -0.05) is 35.9 Å². The van der Waals surface area contributed by atoms with Crippen molar-refractivity contribution in [3.63, 3.8) is 0 Å². The van der Waals surface area contributed by atoms with Gasteiger partial charge >= 0.3 is 0 Å². The first-order valence-corrected chi connectivity index (χ1v) is 7.99. The molecule has 0 aromatic heterocycles. The van der Waals surface area contributed by atoms with Crippen LogP contribution in [-0.4, -0.2) is 26.7 Å². The number of halogens is 1. The summed E-state index contributed by atoms with van der Waals surface area (Å²) in [5.41, 5.74) is 1.42. The maximum Gasteiger partial charge on any atom is 0.262 e. The zero-order valence-electron chi connectivity index (χ0n) is 14.2.